The molecule has 0 amide bonds. The Hall–Kier alpha value is 0.270. The van der Waals surface area contributed by atoms with Gasteiger partial charge in [-0.25, -0.2) is 0 Å². The molecule has 3 unspecified atom stereocenters. The molecule has 0 aromatic heterocycles. The molecule has 13 heavy (non-hydrogen) atoms. The topological polar surface area (TPSA) is 35.2 Å². The molecule has 0 saturated carbocycles. The zero-order valence-electron chi connectivity index (χ0n) is 8.29. The summed E-state index contributed by atoms with van der Waals surface area (Å²) in [4.78, 5) is 0. The van der Waals surface area contributed by atoms with Crippen molar-refractivity contribution in [1.29, 1.82) is 0 Å². The van der Waals surface area contributed by atoms with Gasteiger partial charge in [-0.05, 0) is 31.9 Å². The molecule has 0 radical (unpaired) electrons. The van der Waals surface area contributed by atoms with Gasteiger partial charge < -0.3 is 10.5 Å². The van der Waals surface area contributed by atoms with Gasteiger partial charge in [0.2, 0.25) is 0 Å². The SMILES string of the molecule is CC1(C(N)C2CCOC2)CCCS1. The molecule has 0 bridgehead atoms. The van der Waals surface area contributed by atoms with Crippen LogP contribution in [0.25, 0.3) is 0 Å². The quantitative estimate of drug-likeness (QED) is 0.737. The van der Waals surface area contributed by atoms with Crippen molar-refractivity contribution in [3.8, 4) is 0 Å². The van der Waals surface area contributed by atoms with Gasteiger partial charge in [-0.1, -0.05) is 0 Å². The second-order valence-corrected chi connectivity index (χ2v) is 6.04. The van der Waals surface area contributed by atoms with E-state index in [0.29, 0.717) is 16.7 Å². The maximum Gasteiger partial charge on any atom is 0.0510 e. The molecular weight excluding hydrogens is 182 g/mol. The van der Waals surface area contributed by atoms with Crippen LogP contribution >= 0.6 is 11.8 Å². The van der Waals surface area contributed by atoms with Crippen molar-refractivity contribution in [2.45, 2.75) is 37.0 Å². The van der Waals surface area contributed by atoms with E-state index in [2.05, 4.69) is 18.7 Å². The molecule has 2 nitrogen and oxygen atoms in total. The van der Waals surface area contributed by atoms with Crippen LogP contribution in [0.5, 0.6) is 0 Å². The van der Waals surface area contributed by atoms with Crippen molar-refractivity contribution in [3.63, 3.8) is 0 Å². The number of thioether (sulfide) groups is 1. The maximum absolute atomic E-state index is 6.32. The second-order valence-electron chi connectivity index (χ2n) is 4.41. The molecule has 2 aliphatic heterocycles. The van der Waals surface area contributed by atoms with Gasteiger partial charge in [0.25, 0.3) is 0 Å². The van der Waals surface area contributed by atoms with E-state index in [1.165, 1.54) is 18.6 Å². The summed E-state index contributed by atoms with van der Waals surface area (Å²) in [6.07, 6.45) is 3.79. The lowest BCUT2D eigenvalue weighted by Crippen LogP contribution is -2.47. The van der Waals surface area contributed by atoms with E-state index in [0.717, 1.165) is 19.6 Å². The molecule has 3 heteroatoms. The first-order valence-electron chi connectivity index (χ1n) is 5.20. The molecule has 0 aromatic carbocycles. The summed E-state index contributed by atoms with van der Waals surface area (Å²) in [7, 11) is 0. The van der Waals surface area contributed by atoms with Gasteiger partial charge in [0, 0.05) is 23.3 Å². The Bertz CT molecular complexity index is 174. The molecule has 3 atom stereocenters. The largest absolute Gasteiger partial charge is 0.381 e. The Morgan fingerprint density at radius 2 is 2.46 bits per heavy atom. The van der Waals surface area contributed by atoms with Crippen molar-refractivity contribution in [3.05, 3.63) is 0 Å². The van der Waals surface area contributed by atoms with Crippen LogP contribution in [-0.4, -0.2) is 29.8 Å². The van der Waals surface area contributed by atoms with Crippen molar-refractivity contribution in [1.82, 2.24) is 0 Å². The van der Waals surface area contributed by atoms with Gasteiger partial charge in [0.15, 0.2) is 0 Å². The Balaban J connectivity index is 1.97. The Morgan fingerprint density at radius 3 is 3.00 bits per heavy atom. The van der Waals surface area contributed by atoms with Crippen LogP contribution in [0.3, 0.4) is 0 Å². The van der Waals surface area contributed by atoms with Gasteiger partial charge in [0.05, 0.1) is 6.61 Å². The van der Waals surface area contributed by atoms with Gasteiger partial charge in [0.1, 0.15) is 0 Å². The third kappa shape index (κ3) is 1.88. The molecule has 2 saturated heterocycles. The van der Waals surface area contributed by atoms with Crippen molar-refractivity contribution < 1.29 is 4.74 Å². The van der Waals surface area contributed by atoms with Gasteiger partial charge in [-0.2, -0.15) is 11.8 Å². The van der Waals surface area contributed by atoms with Crippen LogP contribution in [0.1, 0.15) is 26.2 Å². The second kappa shape index (κ2) is 3.79. The number of hydrogen-bond donors (Lipinski definition) is 1. The first kappa shape index (κ1) is 9.81. The van der Waals surface area contributed by atoms with Crippen LogP contribution in [-0.2, 0) is 4.74 Å². The van der Waals surface area contributed by atoms with E-state index in [-0.39, 0.29) is 0 Å². The predicted octanol–water partition coefficient (Wildman–Crippen LogP) is 1.64. The third-order valence-electron chi connectivity index (χ3n) is 3.43. The zero-order chi connectivity index (χ0) is 9.31. The molecule has 0 spiro atoms. The molecule has 2 rings (SSSR count). The fourth-order valence-electron chi connectivity index (χ4n) is 2.40. The van der Waals surface area contributed by atoms with Crippen LogP contribution in [0, 0.1) is 5.92 Å². The highest BCUT2D eigenvalue weighted by Gasteiger charge is 2.40. The summed E-state index contributed by atoms with van der Waals surface area (Å²) in [6.45, 7) is 4.13. The fourth-order valence-corrected chi connectivity index (χ4v) is 3.83. The summed E-state index contributed by atoms with van der Waals surface area (Å²) < 4.78 is 5.73. The van der Waals surface area contributed by atoms with Crippen molar-refractivity contribution in [2.75, 3.05) is 19.0 Å². The lowest BCUT2D eigenvalue weighted by molar-refractivity contribution is 0.176. The van der Waals surface area contributed by atoms with E-state index in [1.54, 1.807) is 0 Å². The summed E-state index contributed by atoms with van der Waals surface area (Å²) in [6, 6.07) is 0.336. The average molecular weight is 201 g/mol. The highest BCUT2D eigenvalue weighted by Crippen LogP contribution is 2.42. The molecule has 2 fully saturated rings. The van der Waals surface area contributed by atoms with E-state index < -0.39 is 0 Å². The van der Waals surface area contributed by atoms with E-state index in [4.69, 9.17) is 10.5 Å². The van der Waals surface area contributed by atoms with Crippen LogP contribution in [0.15, 0.2) is 0 Å². The molecule has 0 aromatic rings. The number of hydrogen-bond acceptors (Lipinski definition) is 3. The molecule has 2 heterocycles. The molecular formula is C10H19NOS. The minimum Gasteiger partial charge on any atom is -0.381 e. The third-order valence-corrected chi connectivity index (χ3v) is 5.06. The van der Waals surface area contributed by atoms with Crippen LogP contribution in [0.2, 0.25) is 0 Å². The summed E-state index contributed by atoms with van der Waals surface area (Å²) in [5, 5.41) is 0. The summed E-state index contributed by atoms with van der Waals surface area (Å²) in [5.41, 5.74) is 6.32. The molecule has 0 aliphatic carbocycles. The number of ether oxygens (including phenoxy) is 1. The number of nitrogens with two attached hydrogens (primary N) is 1. The smallest absolute Gasteiger partial charge is 0.0510 e. The van der Waals surface area contributed by atoms with E-state index >= 15 is 0 Å². The number of rotatable bonds is 2. The molecule has 2 aliphatic rings. The predicted molar refractivity (Wildman–Crippen MR) is 57.0 cm³/mol. The van der Waals surface area contributed by atoms with Gasteiger partial charge in [-0.3, -0.25) is 0 Å². The molecule has 76 valence electrons. The highest BCUT2D eigenvalue weighted by molar-refractivity contribution is 8.00. The van der Waals surface area contributed by atoms with Crippen molar-refractivity contribution >= 4 is 11.8 Å². The van der Waals surface area contributed by atoms with Crippen LogP contribution in [0.4, 0.5) is 0 Å². The monoisotopic (exact) mass is 201 g/mol. The summed E-state index contributed by atoms with van der Waals surface area (Å²) in [5.74, 6) is 1.90. The lowest BCUT2D eigenvalue weighted by atomic mass is 9.86. The van der Waals surface area contributed by atoms with Gasteiger partial charge >= 0.3 is 0 Å². The highest BCUT2D eigenvalue weighted by atomic mass is 32.2. The summed E-state index contributed by atoms with van der Waals surface area (Å²) >= 11 is 2.06. The Labute approximate surface area is 84.6 Å². The Kier molecular flexibility index (Phi) is 2.86. The van der Waals surface area contributed by atoms with E-state index in [9.17, 15) is 0 Å². The zero-order valence-corrected chi connectivity index (χ0v) is 9.11. The molecule has 2 N–H and O–H groups in total. The Morgan fingerprint density at radius 1 is 1.62 bits per heavy atom. The minimum absolute atomic E-state index is 0.332. The lowest BCUT2D eigenvalue weighted by Gasteiger charge is -2.33. The maximum atomic E-state index is 6.32. The average Bonchev–Trinajstić information content (AvgIpc) is 2.73. The van der Waals surface area contributed by atoms with E-state index in [1.807, 2.05) is 0 Å². The first-order valence-corrected chi connectivity index (χ1v) is 6.18. The standard InChI is InChI=1S/C10H19NOS/c1-10(4-2-6-13-10)9(11)8-3-5-12-7-8/h8-9H,2-7,11H2,1H3. The minimum atomic E-state index is 0.332. The first-order chi connectivity index (χ1) is 6.22. The normalized spacial score (nSPS) is 42.5. The fraction of sp³-hybridized carbons (Fsp3) is 1.00. The van der Waals surface area contributed by atoms with Gasteiger partial charge in [-0.15, -0.1) is 0 Å². The van der Waals surface area contributed by atoms with Crippen molar-refractivity contribution in [2.24, 2.45) is 11.7 Å². The van der Waals surface area contributed by atoms with Crippen LogP contribution < -0.4 is 5.73 Å².